The van der Waals surface area contributed by atoms with Crippen molar-refractivity contribution in [3.05, 3.63) is 11.4 Å². The van der Waals surface area contributed by atoms with Crippen molar-refractivity contribution in [3.8, 4) is 0 Å². The lowest BCUT2D eigenvalue weighted by molar-refractivity contribution is -0.122. The van der Waals surface area contributed by atoms with Crippen molar-refractivity contribution in [1.29, 1.82) is 0 Å². The Morgan fingerprint density at radius 2 is 2.00 bits per heavy atom. The van der Waals surface area contributed by atoms with Crippen LogP contribution in [0, 0.1) is 11.3 Å². The van der Waals surface area contributed by atoms with Crippen LogP contribution in [0.2, 0.25) is 0 Å². The molecule has 1 amide bonds. The van der Waals surface area contributed by atoms with E-state index in [1.54, 1.807) is 6.21 Å². The molecule has 180 valence electrons. The normalized spacial score (nSPS) is 28.5. The molecule has 0 aromatic carbocycles. The number of hydrogen-bond acceptors (Lipinski definition) is 8. The molecule has 2 atom stereocenters. The summed E-state index contributed by atoms with van der Waals surface area (Å²) in [6, 6.07) is 0. The van der Waals surface area contributed by atoms with E-state index in [-0.39, 0.29) is 23.5 Å². The van der Waals surface area contributed by atoms with Crippen LogP contribution >= 0.6 is 0 Å². The molecule has 3 aliphatic rings. The Morgan fingerprint density at radius 3 is 2.66 bits per heavy atom. The molecule has 0 saturated carbocycles. The van der Waals surface area contributed by atoms with Gasteiger partial charge in [0.05, 0.1) is 29.9 Å². The van der Waals surface area contributed by atoms with Crippen molar-refractivity contribution in [2.75, 3.05) is 37.7 Å². The summed E-state index contributed by atoms with van der Waals surface area (Å²) in [7, 11) is -3.02. The molecule has 2 unspecified atom stereocenters. The Labute approximate surface area is 189 Å². The second kappa shape index (κ2) is 9.96. The zero-order valence-corrected chi connectivity index (χ0v) is 19.7. The lowest BCUT2D eigenvalue weighted by Gasteiger charge is -2.34. The molecule has 32 heavy (non-hydrogen) atoms. The van der Waals surface area contributed by atoms with Gasteiger partial charge >= 0.3 is 0 Å². The second-order valence-electron chi connectivity index (χ2n) is 9.64. The van der Waals surface area contributed by atoms with Gasteiger partial charge in [0.1, 0.15) is 12.1 Å². The standard InChI is InChI=1S/C21H35FN6O3S/c1-21(2)5-3-14(22)12-26-15(11-21)18(19(23)24)20(29)27-16-13-25-6-4-17(16)28-7-9-32(30,31)10-8-28/h13-14,18-19H,3-12,23-24H2,1-2H3,(H,27,29)/b26-15+. The number of nitrogens with two attached hydrogens (primary N) is 2. The molecule has 0 radical (unpaired) electrons. The molecular formula is C21H35FN6O3S. The number of alkyl halides is 1. The van der Waals surface area contributed by atoms with Crippen LogP contribution in [0.4, 0.5) is 4.39 Å². The number of hydrogen-bond donors (Lipinski definition) is 3. The third-order valence-electron chi connectivity index (χ3n) is 6.31. The Kier molecular flexibility index (Phi) is 7.72. The number of aliphatic imine (C=N–C) groups is 2. The maximum Gasteiger partial charge on any atom is 0.236 e. The number of carbonyl (C=O) groups excluding carboxylic acids is 1. The van der Waals surface area contributed by atoms with Crippen molar-refractivity contribution in [2.45, 2.75) is 51.9 Å². The van der Waals surface area contributed by atoms with E-state index in [1.165, 1.54) is 0 Å². The molecule has 5 N–H and O–H groups in total. The molecular weight excluding hydrogens is 435 g/mol. The number of rotatable bonds is 5. The highest BCUT2D eigenvalue weighted by Crippen LogP contribution is 2.32. The number of sulfone groups is 1. The van der Waals surface area contributed by atoms with Gasteiger partial charge in [0, 0.05) is 43.7 Å². The summed E-state index contributed by atoms with van der Waals surface area (Å²) in [5, 5.41) is 2.91. The van der Waals surface area contributed by atoms with E-state index < -0.39 is 34.0 Å². The number of carbonyl (C=O) groups is 1. The van der Waals surface area contributed by atoms with Gasteiger partial charge in [-0.2, -0.15) is 0 Å². The summed E-state index contributed by atoms with van der Waals surface area (Å²) >= 11 is 0. The summed E-state index contributed by atoms with van der Waals surface area (Å²) in [4.78, 5) is 24.0. The molecule has 3 aliphatic heterocycles. The van der Waals surface area contributed by atoms with E-state index in [0.717, 1.165) is 5.70 Å². The van der Waals surface area contributed by atoms with Crippen molar-refractivity contribution < 1.29 is 17.6 Å². The number of halogens is 1. The van der Waals surface area contributed by atoms with E-state index in [4.69, 9.17) is 11.5 Å². The molecule has 11 heteroatoms. The van der Waals surface area contributed by atoms with Gasteiger partial charge in [-0.1, -0.05) is 13.8 Å². The van der Waals surface area contributed by atoms with Gasteiger partial charge < -0.3 is 21.7 Å². The van der Waals surface area contributed by atoms with Crippen LogP contribution in [0.25, 0.3) is 0 Å². The van der Waals surface area contributed by atoms with Gasteiger partial charge in [0.2, 0.25) is 5.91 Å². The van der Waals surface area contributed by atoms with Gasteiger partial charge in [-0.25, -0.2) is 12.8 Å². The number of dihydropyridines is 1. The summed E-state index contributed by atoms with van der Waals surface area (Å²) in [5.41, 5.74) is 13.7. The largest absolute Gasteiger partial charge is 0.371 e. The average molecular weight is 471 g/mol. The minimum atomic E-state index is -3.02. The zero-order valence-electron chi connectivity index (χ0n) is 18.9. The summed E-state index contributed by atoms with van der Waals surface area (Å²) in [5.74, 6) is -1.13. The number of allylic oxidation sites excluding steroid dienone is 1. The fraction of sp³-hybridized carbons (Fsp3) is 0.762. The van der Waals surface area contributed by atoms with Gasteiger partial charge in [-0.15, -0.1) is 0 Å². The Bertz CT molecular complexity index is 898. The van der Waals surface area contributed by atoms with E-state index in [2.05, 4.69) is 15.3 Å². The first-order valence-corrected chi connectivity index (χ1v) is 13.0. The lowest BCUT2D eigenvalue weighted by atomic mass is 9.77. The van der Waals surface area contributed by atoms with Crippen molar-refractivity contribution in [1.82, 2.24) is 10.2 Å². The van der Waals surface area contributed by atoms with Crippen molar-refractivity contribution >= 4 is 27.7 Å². The number of nitrogens with zero attached hydrogens (tertiary/aromatic N) is 3. The topological polar surface area (TPSA) is 143 Å². The highest BCUT2D eigenvalue weighted by molar-refractivity contribution is 7.91. The fourth-order valence-electron chi connectivity index (χ4n) is 4.41. The first kappa shape index (κ1) is 24.8. The molecule has 9 nitrogen and oxygen atoms in total. The maximum atomic E-state index is 14.1. The quantitative estimate of drug-likeness (QED) is 0.495. The predicted molar refractivity (Wildman–Crippen MR) is 124 cm³/mol. The van der Waals surface area contributed by atoms with Crippen LogP contribution in [-0.2, 0) is 14.6 Å². The third-order valence-corrected chi connectivity index (χ3v) is 7.92. The van der Waals surface area contributed by atoms with Crippen LogP contribution in [-0.4, -0.2) is 81.2 Å². The van der Waals surface area contributed by atoms with Crippen LogP contribution < -0.4 is 16.8 Å². The van der Waals surface area contributed by atoms with Crippen molar-refractivity contribution in [2.24, 2.45) is 32.8 Å². The first-order chi connectivity index (χ1) is 15.0. The third kappa shape index (κ3) is 6.35. The Balaban J connectivity index is 1.83. The predicted octanol–water partition coefficient (Wildman–Crippen LogP) is 0.368. The molecule has 3 rings (SSSR count). The average Bonchev–Trinajstić information content (AvgIpc) is 2.70. The van der Waals surface area contributed by atoms with Gasteiger partial charge in [0.15, 0.2) is 9.84 Å². The monoisotopic (exact) mass is 470 g/mol. The maximum absolute atomic E-state index is 14.1. The van der Waals surface area contributed by atoms with Crippen molar-refractivity contribution in [3.63, 3.8) is 0 Å². The highest BCUT2D eigenvalue weighted by Gasteiger charge is 2.35. The second-order valence-corrected chi connectivity index (χ2v) is 11.9. The molecule has 0 aromatic rings. The SMILES string of the molecule is CC1(C)CCC(F)C/N=C(/C(C(=O)NC2=C(N3CCS(=O)(=O)CC3)CCN=C2)C(N)N)C1. The zero-order chi connectivity index (χ0) is 23.5. The van der Waals surface area contributed by atoms with Gasteiger partial charge in [0.25, 0.3) is 0 Å². The Hall–Kier alpha value is -1.85. The van der Waals surface area contributed by atoms with Gasteiger partial charge in [-0.05, 0) is 24.7 Å². The number of nitrogens with one attached hydrogen (secondary N) is 1. The first-order valence-electron chi connectivity index (χ1n) is 11.2. The highest BCUT2D eigenvalue weighted by atomic mass is 32.2. The van der Waals surface area contributed by atoms with E-state index in [9.17, 15) is 17.6 Å². The van der Waals surface area contributed by atoms with Crippen LogP contribution in [0.3, 0.4) is 0 Å². The molecule has 0 aliphatic carbocycles. The Morgan fingerprint density at radius 1 is 1.31 bits per heavy atom. The van der Waals surface area contributed by atoms with E-state index >= 15 is 0 Å². The number of amides is 1. The minimum absolute atomic E-state index is 0.000427. The molecule has 0 aromatic heterocycles. The van der Waals surface area contributed by atoms with Crippen LogP contribution in [0.5, 0.6) is 0 Å². The molecule has 1 fully saturated rings. The van der Waals surface area contributed by atoms with Crippen LogP contribution in [0.1, 0.15) is 39.5 Å². The summed E-state index contributed by atoms with van der Waals surface area (Å²) in [6.07, 6.45) is 1.77. The molecule has 1 saturated heterocycles. The summed E-state index contributed by atoms with van der Waals surface area (Å²) < 4.78 is 37.7. The molecule has 0 bridgehead atoms. The molecule has 3 heterocycles. The van der Waals surface area contributed by atoms with E-state index in [0.29, 0.717) is 56.7 Å². The fourth-order valence-corrected chi connectivity index (χ4v) is 5.61. The minimum Gasteiger partial charge on any atom is -0.371 e. The van der Waals surface area contributed by atoms with Crippen LogP contribution in [0.15, 0.2) is 21.4 Å². The van der Waals surface area contributed by atoms with Gasteiger partial charge in [-0.3, -0.25) is 14.8 Å². The van der Waals surface area contributed by atoms with E-state index in [1.807, 2.05) is 18.7 Å². The molecule has 0 spiro atoms. The smallest absolute Gasteiger partial charge is 0.236 e. The summed E-state index contributed by atoms with van der Waals surface area (Å²) in [6.45, 7) is 5.37. The lowest BCUT2D eigenvalue weighted by Crippen LogP contribution is -2.52.